The molecule has 4 N–H and O–H groups in total. The Balaban J connectivity index is 1.06. The van der Waals surface area contributed by atoms with E-state index in [4.69, 9.17) is 4.74 Å². The Morgan fingerprint density at radius 1 is 0.927 bits per heavy atom. The lowest BCUT2D eigenvalue weighted by molar-refractivity contribution is 0.0594. The number of fused-ring (bicyclic) bond motifs is 3. The average Bonchev–Trinajstić information content (AvgIpc) is 3.46. The lowest BCUT2D eigenvalue weighted by Crippen LogP contribution is -2.33. The van der Waals surface area contributed by atoms with Gasteiger partial charge in [-0.3, -0.25) is 14.4 Å². The Morgan fingerprint density at radius 3 is 2.54 bits per heavy atom. The summed E-state index contributed by atoms with van der Waals surface area (Å²) in [5, 5.41) is 4.64. The summed E-state index contributed by atoms with van der Waals surface area (Å²) in [7, 11) is 1.29. The topological polar surface area (TPSA) is 140 Å². The van der Waals surface area contributed by atoms with Crippen LogP contribution in [0.1, 0.15) is 53.9 Å². The standard InChI is InChI=1S/C31H23N5O5/c1-41-30(40)24-11-19-27(35-24)25(37)12-26-31(19)13-17(31)14-36(26)29(39)23-10-16-8-18(6-7-21(16)34-23)32-28(38)22-9-15-4-2-3-5-20(15)33-22/h2-12,17,33-35H,13-14H2,1H3,(H,32,38)/t17-,31-/m0/s1. The second kappa shape index (κ2) is 8.07. The molecular formula is C31H23N5O5. The van der Waals surface area contributed by atoms with E-state index >= 15 is 0 Å². The summed E-state index contributed by atoms with van der Waals surface area (Å²) in [6.45, 7) is 0.483. The third kappa shape index (κ3) is 3.30. The average molecular weight is 546 g/mol. The number of benzene rings is 2. The smallest absolute Gasteiger partial charge is 0.354 e. The van der Waals surface area contributed by atoms with Gasteiger partial charge in [0.25, 0.3) is 11.8 Å². The second-order valence-corrected chi connectivity index (χ2v) is 10.9. The first-order chi connectivity index (χ1) is 19.9. The van der Waals surface area contributed by atoms with Gasteiger partial charge in [0, 0.05) is 51.2 Å². The molecule has 0 unspecified atom stereocenters. The number of methoxy groups -OCH3 is 1. The number of carbonyl (C=O) groups is 4. The minimum absolute atomic E-state index is 0.168. The first-order valence-electron chi connectivity index (χ1n) is 13.3. The summed E-state index contributed by atoms with van der Waals surface area (Å²) in [5.41, 5.74) is 4.67. The largest absolute Gasteiger partial charge is 0.464 e. The van der Waals surface area contributed by atoms with Gasteiger partial charge in [0.2, 0.25) is 5.78 Å². The molecule has 4 heterocycles. The maximum absolute atomic E-state index is 13.7. The summed E-state index contributed by atoms with van der Waals surface area (Å²) in [4.78, 5) is 62.6. The number of piperidine rings is 1. The monoisotopic (exact) mass is 545 g/mol. The van der Waals surface area contributed by atoms with Crippen molar-refractivity contribution in [2.24, 2.45) is 5.92 Å². The van der Waals surface area contributed by atoms with Gasteiger partial charge in [0.1, 0.15) is 17.1 Å². The fourth-order valence-electron chi connectivity index (χ4n) is 6.57. The maximum atomic E-state index is 13.7. The summed E-state index contributed by atoms with van der Waals surface area (Å²) in [5.74, 6) is -1.14. The van der Waals surface area contributed by atoms with Crippen LogP contribution in [0.25, 0.3) is 21.8 Å². The van der Waals surface area contributed by atoms with Crippen LogP contribution in [-0.2, 0) is 10.2 Å². The number of H-pyrrole nitrogens is 3. The minimum atomic E-state index is -0.539. The molecule has 1 saturated heterocycles. The number of hydrogen-bond donors (Lipinski definition) is 4. The highest BCUT2D eigenvalue weighted by atomic mass is 16.5. The molecule has 0 radical (unpaired) electrons. The van der Waals surface area contributed by atoms with Gasteiger partial charge in [-0.1, -0.05) is 18.2 Å². The number of aromatic nitrogens is 3. The van der Waals surface area contributed by atoms with Crippen molar-refractivity contribution in [2.75, 3.05) is 19.0 Å². The van der Waals surface area contributed by atoms with Crippen LogP contribution >= 0.6 is 0 Å². The normalized spacial score (nSPS) is 20.4. The Labute approximate surface area is 232 Å². The summed E-state index contributed by atoms with van der Waals surface area (Å²) < 4.78 is 4.83. The number of hydrogen-bond acceptors (Lipinski definition) is 5. The zero-order valence-corrected chi connectivity index (χ0v) is 21.8. The molecule has 10 nitrogen and oxygen atoms in total. The van der Waals surface area contributed by atoms with E-state index in [0.29, 0.717) is 35.0 Å². The van der Waals surface area contributed by atoms with Crippen molar-refractivity contribution < 1.29 is 23.9 Å². The quantitative estimate of drug-likeness (QED) is 0.246. The number of ketones is 1. The van der Waals surface area contributed by atoms with E-state index in [-0.39, 0.29) is 29.2 Å². The van der Waals surface area contributed by atoms with E-state index < -0.39 is 11.4 Å². The van der Waals surface area contributed by atoms with Gasteiger partial charge in [0.05, 0.1) is 12.8 Å². The number of aromatic amines is 3. The van der Waals surface area contributed by atoms with Gasteiger partial charge in [-0.25, -0.2) is 4.79 Å². The Morgan fingerprint density at radius 2 is 1.71 bits per heavy atom. The lowest BCUT2D eigenvalue weighted by Gasteiger charge is -2.27. The van der Waals surface area contributed by atoms with E-state index in [1.165, 1.54) is 13.2 Å². The molecule has 0 bridgehead atoms. The fraction of sp³-hybridized carbons (Fsp3) is 0.161. The van der Waals surface area contributed by atoms with Crippen LogP contribution in [0.4, 0.5) is 5.69 Å². The molecule has 1 spiro atoms. The van der Waals surface area contributed by atoms with Crippen molar-refractivity contribution in [1.82, 2.24) is 19.9 Å². The van der Waals surface area contributed by atoms with Gasteiger partial charge < -0.3 is 29.9 Å². The van der Waals surface area contributed by atoms with Crippen molar-refractivity contribution >= 4 is 51.1 Å². The van der Waals surface area contributed by atoms with Crippen LogP contribution in [0.2, 0.25) is 0 Å². The van der Waals surface area contributed by atoms with Crippen LogP contribution in [-0.4, -0.2) is 57.1 Å². The molecule has 3 aliphatic rings. The van der Waals surface area contributed by atoms with E-state index in [1.807, 2.05) is 36.4 Å². The number of carbonyl (C=O) groups excluding carboxylic acids is 4. The lowest BCUT2D eigenvalue weighted by atomic mass is 9.85. The Bertz CT molecular complexity index is 1990. The van der Waals surface area contributed by atoms with Gasteiger partial charge in [-0.05, 0) is 60.4 Å². The number of anilines is 1. The fourth-order valence-corrected chi connectivity index (χ4v) is 6.57. The van der Waals surface area contributed by atoms with Crippen LogP contribution in [0.5, 0.6) is 0 Å². The molecule has 5 aromatic rings. The Hall–Kier alpha value is -5.38. The zero-order valence-electron chi connectivity index (χ0n) is 21.8. The predicted octanol–water partition coefficient (Wildman–Crippen LogP) is 4.51. The molecule has 1 saturated carbocycles. The highest BCUT2D eigenvalue weighted by molar-refractivity contribution is 6.10. The minimum Gasteiger partial charge on any atom is -0.464 e. The first kappa shape index (κ1) is 23.5. The van der Waals surface area contributed by atoms with Gasteiger partial charge in [-0.2, -0.15) is 0 Å². The zero-order chi connectivity index (χ0) is 28.0. The molecule has 202 valence electrons. The molecule has 2 amide bonds. The van der Waals surface area contributed by atoms with E-state index in [2.05, 4.69) is 20.3 Å². The van der Waals surface area contributed by atoms with Gasteiger partial charge in [-0.15, -0.1) is 0 Å². The number of likely N-dealkylation sites (tertiary alicyclic amines) is 1. The number of esters is 1. The molecule has 2 aromatic carbocycles. The highest BCUT2D eigenvalue weighted by Crippen LogP contribution is 2.66. The summed E-state index contributed by atoms with van der Waals surface area (Å²) in [6.07, 6.45) is 2.33. The number of nitrogens with zero attached hydrogens (tertiary/aromatic N) is 1. The van der Waals surface area contributed by atoms with Crippen LogP contribution in [0.15, 0.2) is 72.4 Å². The molecule has 1 aliphatic heterocycles. The first-order valence-corrected chi connectivity index (χ1v) is 13.3. The molecule has 41 heavy (non-hydrogen) atoms. The van der Waals surface area contributed by atoms with E-state index in [1.54, 1.807) is 29.2 Å². The van der Waals surface area contributed by atoms with Crippen LogP contribution in [0, 0.1) is 5.92 Å². The van der Waals surface area contributed by atoms with Crippen molar-refractivity contribution in [1.29, 1.82) is 0 Å². The number of ether oxygens (including phenoxy) is 1. The highest BCUT2D eigenvalue weighted by Gasteiger charge is 2.68. The molecule has 2 atom stereocenters. The third-order valence-corrected chi connectivity index (χ3v) is 8.60. The molecule has 10 heteroatoms. The van der Waals surface area contributed by atoms with Crippen molar-refractivity contribution in [3.8, 4) is 0 Å². The SMILES string of the molecule is COC(=O)c1cc2c([nH]1)C(=O)C=C1N(C(=O)c3cc4cc(NC(=O)c5cc6ccccc6[nH]5)ccc4[nH]3)C[C@@H]3C[C@@]123. The van der Waals surface area contributed by atoms with Gasteiger partial charge >= 0.3 is 5.97 Å². The predicted molar refractivity (Wildman–Crippen MR) is 150 cm³/mol. The van der Waals surface area contributed by atoms with Crippen LogP contribution in [0.3, 0.4) is 0 Å². The number of para-hydroxylation sites is 1. The molecule has 2 aliphatic carbocycles. The maximum Gasteiger partial charge on any atom is 0.354 e. The molecule has 3 aromatic heterocycles. The number of rotatable bonds is 4. The molecule has 8 rings (SSSR count). The molecular weight excluding hydrogens is 522 g/mol. The van der Waals surface area contributed by atoms with Crippen molar-refractivity contribution in [3.63, 3.8) is 0 Å². The number of allylic oxidation sites excluding steroid dienone is 2. The summed E-state index contributed by atoms with van der Waals surface area (Å²) >= 11 is 0. The number of nitrogens with one attached hydrogen (secondary N) is 4. The Kier molecular flexibility index (Phi) is 4.63. The van der Waals surface area contributed by atoms with Crippen molar-refractivity contribution in [2.45, 2.75) is 11.8 Å². The van der Waals surface area contributed by atoms with Gasteiger partial charge in [0.15, 0.2) is 0 Å². The van der Waals surface area contributed by atoms with Crippen LogP contribution < -0.4 is 5.32 Å². The summed E-state index contributed by atoms with van der Waals surface area (Å²) in [6, 6.07) is 18.4. The third-order valence-electron chi connectivity index (χ3n) is 8.60. The van der Waals surface area contributed by atoms with E-state index in [0.717, 1.165) is 33.8 Å². The van der Waals surface area contributed by atoms with Crippen molar-refractivity contribution in [3.05, 3.63) is 101 Å². The second-order valence-electron chi connectivity index (χ2n) is 10.9. The molecule has 2 fully saturated rings. The number of amides is 2. The van der Waals surface area contributed by atoms with E-state index in [9.17, 15) is 19.2 Å².